The molecule has 2 aromatic carbocycles. The van der Waals surface area contributed by atoms with E-state index >= 15 is 0 Å². The third kappa shape index (κ3) is 1.23. The highest BCUT2D eigenvalue weighted by Crippen LogP contribution is 2.41. The molecule has 0 spiro atoms. The molecule has 19 heavy (non-hydrogen) atoms. The molecule has 0 bridgehead atoms. The van der Waals surface area contributed by atoms with Crippen molar-refractivity contribution in [2.24, 2.45) is 7.05 Å². The number of carbonyl (C=O) groups is 1. The number of carbonyl (C=O) groups excluding carboxylic acids is 1. The number of aryl methyl sites for hydroxylation is 1. The number of halogens is 1. The van der Waals surface area contributed by atoms with E-state index in [1.165, 1.54) is 0 Å². The van der Waals surface area contributed by atoms with Crippen molar-refractivity contribution in [2.45, 2.75) is 0 Å². The molecule has 1 aliphatic carbocycles. The fourth-order valence-corrected chi connectivity index (χ4v) is 3.01. The Morgan fingerprint density at radius 1 is 1.11 bits per heavy atom. The minimum absolute atomic E-state index is 0.0216. The first-order valence-electron chi connectivity index (χ1n) is 5.98. The average Bonchev–Trinajstić information content (AvgIpc) is 2.75. The van der Waals surface area contributed by atoms with Gasteiger partial charge in [-0.15, -0.1) is 0 Å². The first-order valence-corrected chi connectivity index (χ1v) is 6.35. The van der Waals surface area contributed by atoms with E-state index in [1.54, 1.807) is 10.7 Å². The predicted molar refractivity (Wildman–Crippen MR) is 74.6 cm³/mol. The van der Waals surface area contributed by atoms with Gasteiger partial charge in [-0.2, -0.15) is 5.10 Å². The Bertz CT molecular complexity index is 864. The zero-order valence-corrected chi connectivity index (χ0v) is 10.9. The Labute approximate surface area is 114 Å². The number of rotatable bonds is 0. The lowest BCUT2D eigenvalue weighted by Gasteiger charge is -2.15. The minimum Gasteiger partial charge on any atom is -0.289 e. The molecular formula is C15H9ClN2O. The van der Waals surface area contributed by atoms with Gasteiger partial charge in [0, 0.05) is 23.6 Å². The van der Waals surface area contributed by atoms with Crippen LogP contribution >= 0.6 is 11.6 Å². The summed E-state index contributed by atoms with van der Waals surface area (Å²) in [6.45, 7) is 0. The number of ketones is 1. The number of hydrogen-bond acceptors (Lipinski definition) is 2. The van der Waals surface area contributed by atoms with Gasteiger partial charge in [0.15, 0.2) is 5.78 Å². The standard InChI is InChI=1S/C15H9ClN2O/c1-18-11-7-6-10(16)12-13(11)14(17-18)8-4-2-3-5-9(8)15(12)19/h2-7H,1H3. The van der Waals surface area contributed by atoms with Crippen molar-refractivity contribution in [2.75, 3.05) is 0 Å². The molecule has 0 amide bonds. The Hall–Kier alpha value is -2.13. The van der Waals surface area contributed by atoms with E-state index in [2.05, 4.69) is 5.10 Å². The van der Waals surface area contributed by atoms with Crippen LogP contribution in [-0.4, -0.2) is 15.6 Å². The van der Waals surface area contributed by atoms with Gasteiger partial charge in [0.2, 0.25) is 0 Å². The number of aromatic nitrogens is 2. The van der Waals surface area contributed by atoms with Crippen molar-refractivity contribution in [3.05, 3.63) is 52.5 Å². The summed E-state index contributed by atoms with van der Waals surface area (Å²) in [6.07, 6.45) is 0. The highest BCUT2D eigenvalue weighted by atomic mass is 35.5. The summed E-state index contributed by atoms with van der Waals surface area (Å²) in [6, 6.07) is 11.2. The molecule has 0 saturated carbocycles. The minimum atomic E-state index is -0.0216. The van der Waals surface area contributed by atoms with Crippen molar-refractivity contribution in [3.8, 4) is 11.3 Å². The summed E-state index contributed by atoms with van der Waals surface area (Å²) < 4.78 is 1.79. The second-order valence-electron chi connectivity index (χ2n) is 4.66. The van der Waals surface area contributed by atoms with Crippen molar-refractivity contribution in [1.82, 2.24) is 9.78 Å². The lowest BCUT2D eigenvalue weighted by molar-refractivity contribution is 0.104. The third-order valence-electron chi connectivity index (χ3n) is 3.62. The number of hydrogen-bond donors (Lipinski definition) is 0. The molecule has 0 saturated heterocycles. The molecule has 0 unspecified atom stereocenters. The van der Waals surface area contributed by atoms with Crippen LogP contribution in [0.15, 0.2) is 36.4 Å². The highest BCUT2D eigenvalue weighted by Gasteiger charge is 2.29. The predicted octanol–water partition coefficient (Wildman–Crippen LogP) is 3.44. The Morgan fingerprint density at radius 2 is 1.84 bits per heavy atom. The van der Waals surface area contributed by atoms with Crippen LogP contribution in [0.2, 0.25) is 5.02 Å². The molecule has 0 fully saturated rings. The van der Waals surface area contributed by atoms with Crippen molar-refractivity contribution < 1.29 is 4.79 Å². The third-order valence-corrected chi connectivity index (χ3v) is 3.94. The van der Waals surface area contributed by atoms with E-state index < -0.39 is 0 Å². The summed E-state index contributed by atoms with van der Waals surface area (Å²) in [7, 11) is 1.88. The zero-order chi connectivity index (χ0) is 13.1. The molecule has 1 aliphatic rings. The van der Waals surface area contributed by atoms with Gasteiger partial charge in [-0.05, 0) is 12.1 Å². The zero-order valence-electron chi connectivity index (χ0n) is 10.1. The maximum Gasteiger partial charge on any atom is 0.195 e. The summed E-state index contributed by atoms with van der Waals surface area (Å²) in [5.74, 6) is -0.0216. The molecule has 4 heteroatoms. The number of fused-ring (bicyclic) bond motifs is 2. The Balaban J connectivity index is 2.30. The van der Waals surface area contributed by atoms with E-state index in [-0.39, 0.29) is 5.78 Å². The van der Waals surface area contributed by atoms with Crippen LogP contribution in [-0.2, 0) is 7.05 Å². The lowest BCUT2D eigenvalue weighted by Crippen LogP contribution is -2.09. The van der Waals surface area contributed by atoms with Crippen LogP contribution in [0.1, 0.15) is 15.9 Å². The van der Waals surface area contributed by atoms with Crippen LogP contribution in [0.5, 0.6) is 0 Å². The van der Waals surface area contributed by atoms with E-state index in [0.717, 1.165) is 22.2 Å². The second-order valence-corrected chi connectivity index (χ2v) is 5.07. The first kappa shape index (κ1) is 10.8. The Kier molecular flexibility index (Phi) is 1.96. The van der Waals surface area contributed by atoms with Gasteiger partial charge < -0.3 is 0 Å². The maximum absolute atomic E-state index is 12.6. The molecule has 0 aliphatic heterocycles. The van der Waals surface area contributed by atoms with E-state index in [4.69, 9.17) is 11.6 Å². The topological polar surface area (TPSA) is 34.9 Å². The van der Waals surface area contributed by atoms with E-state index in [9.17, 15) is 4.79 Å². The number of nitrogens with zero attached hydrogens (tertiary/aromatic N) is 2. The molecule has 0 N–H and O–H groups in total. The van der Waals surface area contributed by atoms with Gasteiger partial charge in [0.05, 0.1) is 16.1 Å². The largest absolute Gasteiger partial charge is 0.289 e. The molecule has 4 rings (SSSR count). The van der Waals surface area contributed by atoms with E-state index in [1.807, 2.05) is 37.4 Å². The number of benzene rings is 2. The fourth-order valence-electron chi connectivity index (χ4n) is 2.76. The van der Waals surface area contributed by atoms with Crippen LogP contribution in [0.25, 0.3) is 22.2 Å². The van der Waals surface area contributed by atoms with Crippen LogP contribution in [0.3, 0.4) is 0 Å². The van der Waals surface area contributed by atoms with Gasteiger partial charge in [-0.1, -0.05) is 35.9 Å². The normalized spacial score (nSPS) is 12.8. The first-order chi connectivity index (χ1) is 9.18. The van der Waals surface area contributed by atoms with Crippen molar-refractivity contribution in [3.63, 3.8) is 0 Å². The average molecular weight is 269 g/mol. The molecule has 3 nitrogen and oxygen atoms in total. The van der Waals surface area contributed by atoms with E-state index in [0.29, 0.717) is 16.1 Å². The van der Waals surface area contributed by atoms with Gasteiger partial charge in [0.25, 0.3) is 0 Å². The SMILES string of the molecule is Cn1nc2c3c(c(Cl)ccc31)C(=O)c1ccccc1-2. The van der Waals surface area contributed by atoms with Crippen LogP contribution in [0.4, 0.5) is 0 Å². The molecule has 92 valence electrons. The smallest absolute Gasteiger partial charge is 0.195 e. The molecule has 0 radical (unpaired) electrons. The monoisotopic (exact) mass is 268 g/mol. The lowest BCUT2D eigenvalue weighted by atomic mass is 9.87. The molecule has 1 aromatic heterocycles. The van der Waals surface area contributed by atoms with Crippen LogP contribution in [0, 0.1) is 0 Å². The summed E-state index contributed by atoms with van der Waals surface area (Å²) in [4.78, 5) is 12.6. The fraction of sp³-hybridized carbons (Fsp3) is 0.0667. The van der Waals surface area contributed by atoms with Gasteiger partial charge in [0.1, 0.15) is 5.69 Å². The second kappa shape index (κ2) is 3.45. The quantitative estimate of drug-likeness (QED) is 0.490. The molecule has 1 heterocycles. The van der Waals surface area contributed by atoms with Crippen molar-refractivity contribution >= 4 is 28.3 Å². The summed E-state index contributed by atoms with van der Waals surface area (Å²) in [5, 5.41) is 5.89. The molecule has 3 aromatic rings. The molecular weight excluding hydrogens is 260 g/mol. The Morgan fingerprint density at radius 3 is 2.63 bits per heavy atom. The summed E-state index contributed by atoms with van der Waals surface area (Å²) >= 11 is 6.22. The molecule has 0 atom stereocenters. The van der Waals surface area contributed by atoms with Gasteiger partial charge in [-0.25, -0.2) is 0 Å². The van der Waals surface area contributed by atoms with Gasteiger partial charge >= 0.3 is 0 Å². The summed E-state index contributed by atoms with van der Waals surface area (Å²) in [5.41, 5.74) is 3.89. The highest BCUT2D eigenvalue weighted by molar-refractivity contribution is 6.39. The van der Waals surface area contributed by atoms with Gasteiger partial charge in [-0.3, -0.25) is 9.48 Å². The van der Waals surface area contributed by atoms with Crippen molar-refractivity contribution in [1.29, 1.82) is 0 Å². The maximum atomic E-state index is 12.6. The van der Waals surface area contributed by atoms with Crippen LogP contribution < -0.4 is 0 Å².